The molecule has 1 aromatic heterocycles. The van der Waals surface area contributed by atoms with Crippen LogP contribution in [0.1, 0.15) is 10.4 Å². The summed E-state index contributed by atoms with van der Waals surface area (Å²) in [7, 11) is 3.91. The van der Waals surface area contributed by atoms with Gasteiger partial charge in [0, 0.05) is 31.7 Å². The van der Waals surface area contributed by atoms with E-state index in [0.29, 0.717) is 0 Å². The summed E-state index contributed by atoms with van der Waals surface area (Å²) < 4.78 is 0. The van der Waals surface area contributed by atoms with Crippen molar-refractivity contribution in [3.05, 3.63) is 42.4 Å². The summed E-state index contributed by atoms with van der Waals surface area (Å²) in [6.45, 7) is 0. The Morgan fingerprint density at radius 1 is 1.26 bits per heavy atom. The maximum atomic E-state index is 11.0. The van der Waals surface area contributed by atoms with Crippen LogP contribution in [0.4, 0.5) is 17.2 Å². The van der Waals surface area contributed by atoms with E-state index >= 15 is 0 Å². The third kappa shape index (κ3) is 2.98. The summed E-state index contributed by atoms with van der Waals surface area (Å²) in [6.07, 6.45) is 2.58. The molecule has 0 bridgehead atoms. The molecule has 2 aromatic rings. The lowest BCUT2D eigenvalue weighted by Crippen LogP contribution is -2.08. The smallest absolute Gasteiger partial charge is 0.341 e. The second kappa shape index (κ2) is 5.34. The number of aromatic nitrogens is 2. The predicted octanol–water partition coefficient (Wildman–Crippen LogP) is 1.98. The zero-order valence-electron chi connectivity index (χ0n) is 10.7. The maximum Gasteiger partial charge on any atom is 0.341 e. The van der Waals surface area contributed by atoms with Crippen LogP contribution in [-0.2, 0) is 0 Å². The first-order valence-corrected chi connectivity index (χ1v) is 5.65. The van der Waals surface area contributed by atoms with Crippen LogP contribution in [0.5, 0.6) is 0 Å². The predicted molar refractivity (Wildman–Crippen MR) is 73.0 cm³/mol. The topological polar surface area (TPSA) is 78.3 Å². The minimum atomic E-state index is -1.06. The molecule has 2 N–H and O–H groups in total. The summed E-state index contributed by atoms with van der Waals surface area (Å²) in [5.41, 5.74) is 1.87. The van der Waals surface area contributed by atoms with Gasteiger partial charge in [0.15, 0.2) is 0 Å². The van der Waals surface area contributed by atoms with Crippen molar-refractivity contribution in [1.82, 2.24) is 9.97 Å². The molecule has 98 valence electrons. The second-order valence-corrected chi connectivity index (χ2v) is 4.16. The molecule has 6 heteroatoms. The normalized spacial score (nSPS) is 10.0. The molecule has 2 rings (SSSR count). The highest BCUT2D eigenvalue weighted by molar-refractivity contribution is 5.93. The molecule has 0 amide bonds. The van der Waals surface area contributed by atoms with E-state index in [9.17, 15) is 4.79 Å². The Hall–Kier alpha value is -2.63. The van der Waals surface area contributed by atoms with E-state index in [0.717, 1.165) is 11.4 Å². The van der Waals surface area contributed by atoms with Crippen LogP contribution >= 0.6 is 0 Å². The van der Waals surface area contributed by atoms with E-state index < -0.39 is 5.97 Å². The standard InChI is InChI=1S/C13H14N4O2/c1-17(2)10-5-3-9(4-6-10)16-12-11(13(18)19)7-14-8-15-12/h3-8H,1-2H3,(H,18,19)(H,14,15,16). The van der Waals surface area contributed by atoms with Gasteiger partial charge in [0.2, 0.25) is 0 Å². The molecule has 0 saturated carbocycles. The monoisotopic (exact) mass is 258 g/mol. The molecule has 0 spiro atoms. The number of aromatic carboxylic acids is 1. The largest absolute Gasteiger partial charge is 0.477 e. The van der Waals surface area contributed by atoms with Crippen molar-refractivity contribution in [3.8, 4) is 0 Å². The van der Waals surface area contributed by atoms with Gasteiger partial charge in [-0.2, -0.15) is 0 Å². The Morgan fingerprint density at radius 3 is 2.53 bits per heavy atom. The lowest BCUT2D eigenvalue weighted by molar-refractivity contribution is 0.0697. The minimum Gasteiger partial charge on any atom is -0.477 e. The first kappa shape index (κ1) is 12.8. The number of carboxylic acids is 1. The number of hydrogen-bond acceptors (Lipinski definition) is 5. The van der Waals surface area contributed by atoms with Gasteiger partial charge >= 0.3 is 5.97 Å². The van der Waals surface area contributed by atoms with Crippen molar-refractivity contribution in [1.29, 1.82) is 0 Å². The van der Waals surface area contributed by atoms with E-state index in [1.807, 2.05) is 43.3 Å². The number of nitrogens with one attached hydrogen (secondary N) is 1. The Kier molecular flexibility index (Phi) is 3.61. The quantitative estimate of drug-likeness (QED) is 0.873. The zero-order chi connectivity index (χ0) is 13.8. The van der Waals surface area contributed by atoms with Crippen LogP contribution < -0.4 is 10.2 Å². The Bertz CT molecular complexity index is 581. The van der Waals surface area contributed by atoms with Gasteiger partial charge in [-0.3, -0.25) is 0 Å². The molecular weight excluding hydrogens is 244 g/mol. The number of carboxylic acid groups (broad SMARTS) is 1. The van der Waals surface area contributed by atoms with Crippen molar-refractivity contribution < 1.29 is 9.90 Å². The van der Waals surface area contributed by atoms with E-state index in [1.165, 1.54) is 12.5 Å². The van der Waals surface area contributed by atoms with Crippen molar-refractivity contribution in [2.24, 2.45) is 0 Å². The summed E-state index contributed by atoms with van der Waals surface area (Å²) in [5, 5.41) is 12.0. The highest BCUT2D eigenvalue weighted by Gasteiger charge is 2.11. The van der Waals surface area contributed by atoms with E-state index in [1.54, 1.807) is 0 Å². The average Bonchev–Trinajstić information content (AvgIpc) is 2.39. The van der Waals surface area contributed by atoms with E-state index in [-0.39, 0.29) is 11.4 Å². The van der Waals surface area contributed by atoms with Gasteiger partial charge in [0.05, 0.1) is 0 Å². The van der Waals surface area contributed by atoms with Gasteiger partial charge in [-0.1, -0.05) is 0 Å². The molecule has 1 aromatic carbocycles. The van der Waals surface area contributed by atoms with Crippen molar-refractivity contribution >= 4 is 23.2 Å². The maximum absolute atomic E-state index is 11.0. The fourth-order valence-corrected chi connectivity index (χ4v) is 1.57. The van der Waals surface area contributed by atoms with Crippen LogP contribution in [0, 0.1) is 0 Å². The fraction of sp³-hybridized carbons (Fsp3) is 0.154. The van der Waals surface area contributed by atoms with Crippen LogP contribution in [-0.4, -0.2) is 35.1 Å². The average molecular weight is 258 g/mol. The van der Waals surface area contributed by atoms with Crippen LogP contribution in [0.25, 0.3) is 0 Å². The lowest BCUT2D eigenvalue weighted by atomic mass is 10.2. The Morgan fingerprint density at radius 2 is 1.95 bits per heavy atom. The summed E-state index contributed by atoms with van der Waals surface area (Å²) in [6, 6.07) is 7.60. The van der Waals surface area contributed by atoms with Crippen LogP contribution in [0.2, 0.25) is 0 Å². The highest BCUT2D eigenvalue weighted by atomic mass is 16.4. The van der Waals surface area contributed by atoms with Gasteiger partial charge in [0.25, 0.3) is 0 Å². The molecule has 0 radical (unpaired) electrons. The first-order chi connectivity index (χ1) is 9.08. The number of carbonyl (C=O) groups is 1. The van der Waals surface area contributed by atoms with Gasteiger partial charge in [-0.05, 0) is 24.3 Å². The molecule has 0 atom stereocenters. The SMILES string of the molecule is CN(C)c1ccc(Nc2ncncc2C(=O)O)cc1. The molecule has 0 saturated heterocycles. The van der Waals surface area contributed by atoms with Gasteiger partial charge in [0.1, 0.15) is 17.7 Å². The molecule has 19 heavy (non-hydrogen) atoms. The molecule has 0 aliphatic rings. The van der Waals surface area contributed by atoms with Crippen LogP contribution in [0.15, 0.2) is 36.8 Å². The summed E-state index contributed by atoms with van der Waals surface area (Å²) in [4.78, 5) is 20.7. The lowest BCUT2D eigenvalue weighted by Gasteiger charge is -2.13. The molecule has 0 aliphatic carbocycles. The minimum absolute atomic E-state index is 0.0409. The number of anilines is 3. The summed E-state index contributed by atoms with van der Waals surface area (Å²) in [5.74, 6) is -0.784. The van der Waals surface area contributed by atoms with E-state index in [2.05, 4.69) is 15.3 Å². The molecule has 1 heterocycles. The molecule has 0 unspecified atom stereocenters. The highest BCUT2D eigenvalue weighted by Crippen LogP contribution is 2.20. The number of hydrogen-bond donors (Lipinski definition) is 2. The van der Waals surface area contributed by atoms with Gasteiger partial charge in [-0.15, -0.1) is 0 Å². The number of nitrogens with zero attached hydrogens (tertiary/aromatic N) is 3. The van der Waals surface area contributed by atoms with Crippen molar-refractivity contribution in [2.45, 2.75) is 0 Å². The van der Waals surface area contributed by atoms with Gasteiger partial charge in [-0.25, -0.2) is 14.8 Å². The number of rotatable bonds is 4. The Labute approximate surface area is 110 Å². The van der Waals surface area contributed by atoms with Crippen molar-refractivity contribution in [2.75, 3.05) is 24.3 Å². The molecular formula is C13H14N4O2. The van der Waals surface area contributed by atoms with Crippen LogP contribution in [0.3, 0.4) is 0 Å². The van der Waals surface area contributed by atoms with Crippen molar-refractivity contribution in [3.63, 3.8) is 0 Å². The molecule has 0 aliphatic heterocycles. The summed E-state index contributed by atoms with van der Waals surface area (Å²) >= 11 is 0. The molecule has 0 fully saturated rings. The van der Waals surface area contributed by atoms with E-state index in [4.69, 9.17) is 5.11 Å². The Balaban J connectivity index is 2.24. The fourth-order valence-electron chi connectivity index (χ4n) is 1.57. The number of benzene rings is 1. The second-order valence-electron chi connectivity index (χ2n) is 4.16. The third-order valence-corrected chi connectivity index (χ3v) is 2.59. The first-order valence-electron chi connectivity index (χ1n) is 5.65. The zero-order valence-corrected chi connectivity index (χ0v) is 10.7. The van der Waals surface area contributed by atoms with Gasteiger partial charge < -0.3 is 15.3 Å². The third-order valence-electron chi connectivity index (χ3n) is 2.59. The molecule has 6 nitrogen and oxygen atoms in total.